The summed E-state index contributed by atoms with van der Waals surface area (Å²) in [5, 5.41) is 8.74. The molecule has 86 valence electrons. The quantitative estimate of drug-likeness (QED) is 0.711. The van der Waals surface area contributed by atoms with Crippen LogP contribution >= 0.6 is 17.1 Å². The van der Waals surface area contributed by atoms with Crippen molar-refractivity contribution in [3.63, 3.8) is 0 Å². The number of aliphatic hydroxyl groups excluding tert-OH is 1. The van der Waals surface area contributed by atoms with E-state index in [4.69, 9.17) is 26.0 Å². The minimum absolute atomic E-state index is 0.0609. The van der Waals surface area contributed by atoms with Crippen LogP contribution in [-0.2, 0) is 20.9 Å². The van der Waals surface area contributed by atoms with E-state index < -0.39 is 5.69 Å². The molecule has 0 bridgehead atoms. The topological polar surface area (TPSA) is 38.7 Å². The molecule has 0 fully saturated rings. The Morgan fingerprint density at radius 2 is 1.64 bits per heavy atom. The Morgan fingerprint density at radius 1 is 1.21 bits per heavy atom. The summed E-state index contributed by atoms with van der Waals surface area (Å²) in [5.74, 6) is 0.566. The average Bonchev–Trinajstić information content (AvgIpc) is 1.97. The van der Waals surface area contributed by atoms with Crippen LogP contribution in [0.2, 0.25) is 0 Å². The highest BCUT2D eigenvalue weighted by Gasteiger charge is 2.22. The van der Waals surface area contributed by atoms with Crippen LogP contribution in [0, 0.1) is 0 Å². The molecule has 0 rings (SSSR count). The van der Waals surface area contributed by atoms with Crippen LogP contribution in [0.5, 0.6) is 0 Å². The molecule has 0 saturated carbocycles. The largest absolute Gasteiger partial charge is 0.396 e. The molecule has 0 spiro atoms. The first-order valence-electron chi connectivity index (χ1n) is 4.62. The van der Waals surface area contributed by atoms with Crippen molar-refractivity contribution in [2.24, 2.45) is 0 Å². The highest BCUT2D eigenvalue weighted by Crippen LogP contribution is 2.62. The molecule has 0 atom stereocenters. The summed E-state index contributed by atoms with van der Waals surface area (Å²) >= 11 is 6.75. The van der Waals surface area contributed by atoms with E-state index in [1.54, 1.807) is 0 Å². The Labute approximate surface area is 95.5 Å². The molecule has 3 nitrogen and oxygen atoms in total. The molecule has 0 saturated heterocycles. The van der Waals surface area contributed by atoms with Gasteiger partial charge in [-0.2, -0.15) is 0 Å². The predicted octanol–water partition coefficient (Wildman–Crippen LogP) is 2.79. The van der Waals surface area contributed by atoms with E-state index in [0.29, 0.717) is 5.75 Å². The van der Waals surface area contributed by atoms with Gasteiger partial charge in [0.2, 0.25) is 5.69 Å². The third kappa shape index (κ3) is 7.21. The SMILES string of the molecule is CC(C)OP(=S)(OC(C)C)SCCO. The van der Waals surface area contributed by atoms with E-state index in [-0.39, 0.29) is 18.8 Å². The maximum atomic E-state index is 8.74. The third-order valence-electron chi connectivity index (χ3n) is 1.02. The van der Waals surface area contributed by atoms with Crippen LogP contribution in [0.25, 0.3) is 0 Å². The van der Waals surface area contributed by atoms with Gasteiger partial charge in [0.05, 0.1) is 18.8 Å². The first-order chi connectivity index (χ1) is 6.39. The van der Waals surface area contributed by atoms with Crippen molar-refractivity contribution >= 4 is 28.9 Å². The zero-order valence-electron chi connectivity index (χ0n) is 9.10. The third-order valence-corrected chi connectivity index (χ3v) is 6.54. The Balaban J connectivity index is 4.26. The fourth-order valence-corrected chi connectivity index (χ4v) is 6.28. The van der Waals surface area contributed by atoms with E-state index in [9.17, 15) is 0 Å². The smallest absolute Gasteiger partial charge is 0.247 e. The fourth-order valence-electron chi connectivity index (χ4n) is 0.755. The Bertz CT molecular complexity index is 183. The Kier molecular flexibility index (Phi) is 7.66. The summed E-state index contributed by atoms with van der Waals surface area (Å²) in [5.41, 5.74) is -2.26. The van der Waals surface area contributed by atoms with Crippen LogP contribution in [0.1, 0.15) is 27.7 Å². The summed E-state index contributed by atoms with van der Waals surface area (Å²) < 4.78 is 11.2. The van der Waals surface area contributed by atoms with Gasteiger partial charge >= 0.3 is 0 Å². The van der Waals surface area contributed by atoms with Crippen molar-refractivity contribution in [3.8, 4) is 0 Å². The predicted molar refractivity (Wildman–Crippen MR) is 66.3 cm³/mol. The molecule has 0 unspecified atom stereocenters. The van der Waals surface area contributed by atoms with Crippen LogP contribution in [0.15, 0.2) is 0 Å². The molecular weight excluding hydrogens is 239 g/mol. The van der Waals surface area contributed by atoms with Gasteiger partial charge in [-0.25, -0.2) is 0 Å². The van der Waals surface area contributed by atoms with Gasteiger partial charge in [-0.05, 0) is 39.5 Å². The molecule has 0 amide bonds. The van der Waals surface area contributed by atoms with Crippen LogP contribution in [0.4, 0.5) is 0 Å². The van der Waals surface area contributed by atoms with Gasteiger partial charge in [-0.3, -0.25) is 0 Å². The Hall–Kier alpha value is 0.880. The lowest BCUT2D eigenvalue weighted by molar-refractivity contribution is 0.186. The lowest BCUT2D eigenvalue weighted by Gasteiger charge is -2.25. The summed E-state index contributed by atoms with van der Waals surface area (Å²) in [6.07, 6.45) is 0.122. The first kappa shape index (κ1) is 14.9. The number of rotatable bonds is 7. The Morgan fingerprint density at radius 3 is 1.93 bits per heavy atom. The van der Waals surface area contributed by atoms with Gasteiger partial charge in [-0.1, -0.05) is 11.4 Å². The van der Waals surface area contributed by atoms with Crippen molar-refractivity contribution in [2.45, 2.75) is 39.9 Å². The van der Waals surface area contributed by atoms with Gasteiger partial charge < -0.3 is 14.2 Å². The number of hydrogen-bond donors (Lipinski definition) is 1. The van der Waals surface area contributed by atoms with Gasteiger partial charge in [0.25, 0.3) is 0 Å². The van der Waals surface area contributed by atoms with Gasteiger partial charge in [0.1, 0.15) is 0 Å². The second kappa shape index (κ2) is 7.20. The van der Waals surface area contributed by atoms with E-state index in [2.05, 4.69) is 0 Å². The molecular formula is C8H19O3PS2. The molecule has 0 aliphatic carbocycles. The zero-order chi connectivity index (χ0) is 11.2. The second-order valence-electron chi connectivity index (χ2n) is 3.31. The van der Waals surface area contributed by atoms with Crippen molar-refractivity contribution < 1.29 is 14.2 Å². The lowest BCUT2D eigenvalue weighted by Crippen LogP contribution is -2.06. The minimum atomic E-state index is -2.26. The zero-order valence-corrected chi connectivity index (χ0v) is 11.6. The second-order valence-corrected chi connectivity index (χ2v) is 9.65. The molecule has 0 aromatic rings. The van der Waals surface area contributed by atoms with Crippen molar-refractivity contribution in [1.29, 1.82) is 0 Å². The van der Waals surface area contributed by atoms with Gasteiger partial charge in [0.15, 0.2) is 0 Å². The van der Waals surface area contributed by atoms with E-state index in [1.807, 2.05) is 27.7 Å². The molecule has 14 heavy (non-hydrogen) atoms. The standard InChI is InChI=1S/C8H19O3PS2/c1-7(2)10-12(13,11-8(3)4)14-6-5-9/h7-9H,5-6H2,1-4H3. The molecule has 0 aromatic carbocycles. The molecule has 0 aliphatic rings. The van der Waals surface area contributed by atoms with Gasteiger partial charge in [-0.15, -0.1) is 0 Å². The van der Waals surface area contributed by atoms with Crippen molar-refractivity contribution in [2.75, 3.05) is 12.4 Å². The highest BCUT2D eigenvalue weighted by molar-refractivity contribution is 8.67. The minimum Gasteiger partial charge on any atom is -0.396 e. The van der Waals surface area contributed by atoms with E-state index >= 15 is 0 Å². The number of hydrogen-bond acceptors (Lipinski definition) is 5. The number of aliphatic hydroxyl groups is 1. The van der Waals surface area contributed by atoms with Gasteiger partial charge in [0, 0.05) is 5.75 Å². The van der Waals surface area contributed by atoms with Crippen molar-refractivity contribution in [3.05, 3.63) is 0 Å². The fraction of sp³-hybridized carbons (Fsp3) is 1.00. The van der Waals surface area contributed by atoms with E-state index in [1.165, 1.54) is 11.4 Å². The molecule has 0 radical (unpaired) electrons. The molecule has 1 N–H and O–H groups in total. The monoisotopic (exact) mass is 258 g/mol. The molecule has 0 aromatic heterocycles. The van der Waals surface area contributed by atoms with Crippen molar-refractivity contribution in [1.82, 2.24) is 0 Å². The average molecular weight is 258 g/mol. The maximum absolute atomic E-state index is 8.74. The summed E-state index contributed by atoms with van der Waals surface area (Å²) in [6.45, 7) is 7.84. The highest BCUT2D eigenvalue weighted by atomic mass is 32.9. The van der Waals surface area contributed by atoms with E-state index in [0.717, 1.165) is 0 Å². The maximum Gasteiger partial charge on any atom is 0.247 e. The van der Waals surface area contributed by atoms with Crippen LogP contribution in [-0.4, -0.2) is 29.7 Å². The molecule has 0 heterocycles. The summed E-state index contributed by atoms with van der Waals surface area (Å²) in [6, 6.07) is 0. The van der Waals surface area contributed by atoms with Crippen LogP contribution < -0.4 is 0 Å². The normalized spacial score (nSPS) is 12.8. The summed E-state index contributed by atoms with van der Waals surface area (Å²) in [7, 11) is 0. The van der Waals surface area contributed by atoms with Crippen LogP contribution in [0.3, 0.4) is 0 Å². The molecule has 0 aliphatic heterocycles. The lowest BCUT2D eigenvalue weighted by atomic mass is 10.5. The first-order valence-corrected chi connectivity index (χ1v) is 8.84. The molecule has 6 heteroatoms. The summed E-state index contributed by atoms with van der Waals surface area (Å²) in [4.78, 5) is 0.